The molecule has 1 atom stereocenters. The van der Waals surface area contributed by atoms with Gasteiger partial charge in [0, 0.05) is 23.5 Å². The SMILES string of the molecule is Cc1cnc(Nc2cnn(C3CCNCC3)c2)nc1-c1ccc(C(=O)NC(C)C#N)cc1. The molecule has 32 heavy (non-hydrogen) atoms. The standard InChI is InChI=1S/C23H26N8O/c1-15-12-26-23(29-19-13-27-31(14-19)20-7-9-25-10-8-20)30-21(15)17-3-5-18(6-4-17)22(32)28-16(2)11-24/h3-6,12-14,16,20,25H,7-10H2,1-2H3,(H,28,32)(H,26,29,30). The van der Waals surface area contributed by atoms with Crippen molar-refractivity contribution in [3.05, 3.63) is 54.0 Å². The summed E-state index contributed by atoms with van der Waals surface area (Å²) in [6.45, 7) is 5.61. The molecule has 0 aliphatic carbocycles. The van der Waals surface area contributed by atoms with Gasteiger partial charge >= 0.3 is 0 Å². The van der Waals surface area contributed by atoms with Gasteiger partial charge in [-0.05, 0) is 57.5 Å². The van der Waals surface area contributed by atoms with Crippen LogP contribution in [0.4, 0.5) is 11.6 Å². The molecule has 1 amide bonds. The molecule has 1 aliphatic rings. The molecule has 3 N–H and O–H groups in total. The number of hydrogen-bond donors (Lipinski definition) is 3. The Balaban J connectivity index is 1.49. The van der Waals surface area contributed by atoms with Gasteiger partial charge in [0.1, 0.15) is 6.04 Å². The number of aromatic nitrogens is 4. The van der Waals surface area contributed by atoms with Crippen molar-refractivity contribution < 1.29 is 4.79 Å². The largest absolute Gasteiger partial charge is 0.337 e. The van der Waals surface area contributed by atoms with Crippen LogP contribution in [0.5, 0.6) is 0 Å². The third-order valence-corrected chi connectivity index (χ3v) is 5.47. The van der Waals surface area contributed by atoms with Crippen LogP contribution < -0.4 is 16.0 Å². The molecule has 3 aromatic rings. The van der Waals surface area contributed by atoms with Crippen molar-refractivity contribution in [3.8, 4) is 17.3 Å². The highest BCUT2D eigenvalue weighted by atomic mass is 16.1. The topological polar surface area (TPSA) is 121 Å². The molecule has 4 rings (SSSR count). The molecule has 1 unspecified atom stereocenters. The first-order valence-corrected chi connectivity index (χ1v) is 10.7. The van der Waals surface area contributed by atoms with Crippen LogP contribution in [-0.2, 0) is 0 Å². The van der Waals surface area contributed by atoms with Crippen LogP contribution in [0, 0.1) is 18.3 Å². The first-order valence-electron chi connectivity index (χ1n) is 10.7. The van der Waals surface area contributed by atoms with E-state index in [4.69, 9.17) is 5.26 Å². The smallest absolute Gasteiger partial charge is 0.252 e. The summed E-state index contributed by atoms with van der Waals surface area (Å²) < 4.78 is 2.01. The third kappa shape index (κ3) is 4.92. The second-order valence-corrected chi connectivity index (χ2v) is 7.94. The molecule has 0 saturated carbocycles. The minimum absolute atomic E-state index is 0.280. The lowest BCUT2D eigenvalue weighted by molar-refractivity contribution is 0.0948. The van der Waals surface area contributed by atoms with Gasteiger partial charge in [0.2, 0.25) is 5.95 Å². The highest BCUT2D eigenvalue weighted by Gasteiger charge is 2.16. The van der Waals surface area contributed by atoms with E-state index >= 15 is 0 Å². The maximum atomic E-state index is 12.2. The maximum Gasteiger partial charge on any atom is 0.252 e. The number of anilines is 2. The summed E-state index contributed by atoms with van der Waals surface area (Å²) in [7, 11) is 0. The molecule has 1 saturated heterocycles. The Morgan fingerprint density at radius 1 is 1.25 bits per heavy atom. The highest BCUT2D eigenvalue weighted by Crippen LogP contribution is 2.24. The maximum absolute atomic E-state index is 12.2. The Bertz CT molecular complexity index is 1130. The Labute approximate surface area is 186 Å². The Kier molecular flexibility index (Phi) is 6.42. The average Bonchev–Trinajstić information content (AvgIpc) is 3.29. The highest BCUT2D eigenvalue weighted by molar-refractivity contribution is 5.95. The number of piperidine rings is 1. The van der Waals surface area contributed by atoms with E-state index in [1.807, 2.05) is 36.0 Å². The zero-order valence-corrected chi connectivity index (χ0v) is 18.2. The minimum atomic E-state index is -0.543. The molecular formula is C23H26N8O. The quantitative estimate of drug-likeness (QED) is 0.550. The van der Waals surface area contributed by atoms with E-state index in [2.05, 4.69) is 31.0 Å². The van der Waals surface area contributed by atoms with E-state index in [0.717, 1.165) is 48.4 Å². The number of rotatable bonds is 6. The number of carbonyl (C=O) groups is 1. The Morgan fingerprint density at radius 2 is 2.00 bits per heavy atom. The summed E-state index contributed by atoms with van der Waals surface area (Å²) in [5, 5.41) is 22.6. The van der Waals surface area contributed by atoms with Crippen LogP contribution in [0.2, 0.25) is 0 Å². The summed E-state index contributed by atoms with van der Waals surface area (Å²) in [6.07, 6.45) is 7.69. The normalized spacial score (nSPS) is 15.0. The molecule has 9 heteroatoms. The van der Waals surface area contributed by atoms with Crippen molar-refractivity contribution in [2.24, 2.45) is 0 Å². The van der Waals surface area contributed by atoms with Crippen LogP contribution in [-0.4, -0.2) is 44.8 Å². The molecule has 3 heterocycles. The number of benzene rings is 1. The van der Waals surface area contributed by atoms with Crippen LogP contribution >= 0.6 is 0 Å². The van der Waals surface area contributed by atoms with Crippen LogP contribution in [0.1, 0.15) is 41.7 Å². The molecule has 9 nitrogen and oxygen atoms in total. The fourth-order valence-electron chi connectivity index (χ4n) is 3.69. The molecular weight excluding hydrogens is 404 g/mol. The lowest BCUT2D eigenvalue weighted by Crippen LogP contribution is -2.31. The van der Waals surface area contributed by atoms with Crippen LogP contribution in [0.15, 0.2) is 42.9 Å². The fourth-order valence-corrected chi connectivity index (χ4v) is 3.69. The number of nitrogens with zero attached hydrogens (tertiary/aromatic N) is 5. The molecule has 0 radical (unpaired) electrons. The number of carbonyl (C=O) groups excluding carboxylic acids is 1. The van der Waals surface area contributed by atoms with Crippen molar-refractivity contribution >= 4 is 17.5 Å². The van der Waals surface area contributed by atoms with E-state index in [1.165, 1.54) is 0 Å². The first-order chi connectivity index (χ1) is 15.5. The number of hydrogen-bond acceptors (Lipinski definition) is 7. The van der Waals surface area contributed by atoms with E-state index < -0.39 is 6.04 Å². The molecule has 1 aliphatic heterocycles. The average molecular weight is 431 g/mol. The summed E-state index contributed by atoms with van der Waals surface area (Å²) >= 11 is 0. The van der Waals surface area contributed by atoms with Gasteiger partial charge in [-0.15, -0.1) is 0 Å². The first kappa shape index (κ1) is 21.5. The summed E-state index contributed by atoms with van der Waals surface area (Å²) in [6, 6.07) is 9.01. The second kappa shape index (κ2) is 9.58. The Hall–Kier alpha value is -3.77. The van der Waals surface area contributed by atoms with Gasteiger partial charge in [-0.3, -0.25) is 9.48 Å². The minimum Gasteiger partial charge on any atom is -0.337 e. The molecule has 1 aromatic carbocycles. The van der Waals surface area contributed by atoms with Gasteiger partial charge < -0.3 is 16.0 Å². The number of nitriles is 1. The molecule has 164 valence electrons. The second-order valence-electron chi connectivity index (χ2n) is 7.94. The predicted octanol–water partition coefficient (Wildman–Crippen LogP) is 2.96. The summed E-state index contributed by atoms with van der Waals surface area (Å²) in [4.78, 5) is 21.3. The lowest BCUT2D eigenvalue weighted by Gasteiger charge is -2.22. The van der Waals surface area contributed by atoms with Gasteiger partial charge in [-0.25, -0.2) is 9.97 Å². The zero-order valence-electron chi connectivity index (χ0n) is 18.2. The Morgan fingerprint density at radius 3 is 2.72 bits per heavy atom. The van der Waals surface area contributed by atoms with Crippen molar-refractivity contribution in [1.29, 1.82) is 5.26 Å². The number of aryl methyl sites for hydroxylation is 1. The third-order valence-electron chi connectivity index (χ3n) is 5.47. The van der Waals surface area contributed by atoms with Gasteiger partial charge in [0.15, 0.2) is 0 Å². The fraction of sp³-hybridized carbons (Fsp3) is 0.348. The predicted molar refractivity (Wildman–Crippen MR) is 121 cm³/mol. The van der Waals surface area contributed by atoms with E-state index in [9.17, 15) is 4.79 Å². The van der Waals surface area contributed by atoms with Crippen molar-refractivity contribution in [1.82, 2.24) is 30.4 Å². The van der Waals surface area contributed by atoms with E-state index in [1.54, 1.807) is 31.5 Å². The van der Waals surface area contributed by atoms with Crippen molar-refractivity contribution in [2.75, 3.05) is 18.4 Å². The van der Waals surface area contributed by atoms with Crippen LogP contribution in [0.25, 0.3) is 11.3 Å². The van der Waals surface area contributed by atoms with Gasteiger partial charge in [0.25, 0.3) is 5.91 Å². The zero-order chi connectivity index (χ0) is 22.5. The van der Waals surface area contributed by atoms with Gasteiger partial charge in [-0.2, -0.15) is 10.4 Å². The number of nitrogens with one attached hydrogen (secondary N) is 3. The molecule has 0 spiro atoms. The summed E-state index contributed by atoms with van der Waals surface area (Å²) in [5.74, 6) is 0.207. The van der Waals surface area contributed by atoms with Gasteiger partial charge in [0.05, 0.1) is 29.7 Å². The lowest BCUT2D eigenvalue weighted by atomic mass is 10.1. The van der Waals surface area contributed by atoms with Gasteiger partial charge in [-0.1, -0.05) is 12.1 Å². The van der Waals surface area contributed by atoms with Crippen LogP contribution in [0.3, 0.4) is 0 Å². The van der Waals surface area contributed by atoms with E-state index in [-0.39, 0.29) is 5.91 Å². The molecule has 2 aromatic heterocycles. The molecule has 0 bridgehead atoms. The number of amides is 1. The van der Waals surface area contributed by atoms with Crippen molar-refractivity contribution in [2.45, 2.75) is 38.8 Å². The summed E-state index contributed by atoms with van der Waals surface area (Å²) in [5.41, 5.74) is 3.92. The van der Waals surface area contributed by atoms with E-state index in [0.29, 0.717) is 17.6 Å². The monoisotopic (exact) mass is 430 g/mol. The van der Waals surface area contributed by atoms with Crippen molar-refractivity contribution in [3.63, 3.8) is 0 Å². The molecule has 1 fully saturated rings.